The van der Waals surface area contributed by atoms with Gasteiger partial charge in [0.25, 0.3) is 0 Å². The predicted octanol–water partition coefficient (Wildman–Crippen LogP) is 1.67. The fraction of sp³-hybridized carbons (Fsp3) is 0.714. The molecule has 0 heterocycles. The molecule has 0 fully saturated rings. The van der Waals surface area contributed by atoms with Crippen LogP contribution in [0.25, 0.3) is 0 Å². The number of hydrogen-bond donors (Lipinski definition) is 0. The van der Waals surface area contributed by atoms with Crippen LogP contribution in [0.4, 0.5) is 0 Å². The molecule has 2 nitrogen and oxygen atoms in total. The summed E-state index contributed by atoms with van der Waals surface area (Å²) in [5.74, 6) is 0. The van der Waals surface area contributed by atoms with Gasteiger partial charge in [0.05, 0.1) is 13.2 Å². The van der Waals surface area contributed by atoms with E-state index in [-0.39, 0.29) is 0 Å². The van der Waals surface area contributed by atoms with Crippen molar-refractivity contribution in [3.63, 3.8) is 0 Å². The third-order valence-corrected chi connectivity index (χ3v) is 1.45. The summed E-state index contributed by atoms with van der Waals surface area (Å²) in [6.07, 6.45) is 7.80. The van der Waals surface area contributed by atoms with Gasteiger partial charge < -0.3 is 0 Å². The van der Waals surface area contributed by atoms with E-state index in [9.17, 15) is 0 Å². The van der Waals surface area contributed by atoms with Gasteiger partial charge in [-0.3, -0.25) is 0 Å². The Morgan fingerprint density at radius 3 is 2.89 bits per heavy atom. The molecule has 0 radical (unpaired) electrons. The molecular formula is C7H12O2. The molecule has 0 aromatic heterocycles. The molecule has 0 bridgehead atoms. The van der Waals surface area contributed by atoms with Gasteiger partial charge in [-0.15, -0.1) is 0 Å². The Morgan fingerprint density at radius 1 is 1.44 bits per heavy atom. The maximum atomic E-state index is 4.93. The number of rotatable bonds is 2. The lowest BCUT2D eigenvalue weighted by atomic mass is 10.1. The van der Waals surface area contributed by atoms with Crippen LogP contribution >= 0.6 is 0 Å². The van der Waals surface area contributed by atoms with Crippen molar-refractivity contribution in [3.05, 3.63) is 12.2 Å². The summed E-state index contributed by atoms with van der Waals surface area (Å²) in [5.41, 5.74) is 0. The van der Waals surface area contributed by atoms with Crippen molar-refractivity contribution in [1.82, 2.24) is 0 Å². The van der Waals surface area contributed by atoms with Crippen LogP contribution in [0, 0.1) is 0 Å². The highest BCUT2D eigenvalue weighted by Gasteiger charge is 2.09. The van der Waals surface area contributed by atoms with E-state index in [0.29, 0.717) is 6.10 Å². The largest absolute Gasteiger partial charge is 0.240 e. The van der Waals surface area contributed by atoms with Gasteiger partial charge in [-0.05, 0) is 19.3 Å². The molecule has 9 heavy (non-hydrogen) atoms. The van der Waals surface area contributed by atoms with Gasteiger partial charge in [0.15, 0.2) is 0 Å². The highest BCUT2D eigenvalue weighted by atomic mass is 17.2. The molecule has 1 aliphatic rings. The minimum atomic E-state index is 0.292. The van der Waals surface area contributed by atoms with E-state index >= 15 is 0 Å². The SMILES string of the molecule is COOC1CC=CCC1. The highest BCUT2D eigenvalue weighted by molar-refractivity contribution is 4.90. The Labute approximate surface area is 55.4 Å². The lowest BCUT2D eigenvalue weighted by molar-refractivity contribution is -0.305. The minimum Gasteiger partial charge on any atom is -0.240 e. The summed E-state index contributed by atoms with van der Waals surface area (Å²) in [7, 11) is 1.55. The third kappa shape index (κ3) is 2.16. The van der Waals surface area contributed by atoms with E-state index in [4.69, 9.17) is 4.89 Å². The lowest BCUT2D eigenvalue weighted by Gasteiger charge is -2.14. The van der Waals surface area contributed by atoms with Crippen molar-refractivity contribution in [1.29, 1.82) is 0 Å². The second-order valence-corrected chi connectivity index (χ2v) is 2.17. The van der Waals surface area contributed by atoms with E-state index in [2.05, 4.69) is 17.0 Å². The van der Waals surface area contributed by atoms with Gasteiger partial charge in [-0.1, -0.05) is 12.2 Å². The van der Waals surface area contributed by atoms with Gasteiger partial charge >= 0.3 is 0 Å². The normalized spacial score (nSPS) is 26.6. The molecule has 1 atom stereocenters. The Hall–Kier alpha value is -0.340. The summed E-state index contributed by atoms with van der Waals surface area (Å²) < 4.78 is 0. The van der Waals surface area contributed by atoms with Crippen LogP contribution in [0.5, 0.6) is 0 Å². The van der Waals surface area contributed by atoms with Crippen molar-refractivity contribution >= 4 is 0 Å². The second-order valence-electron chi connectivity index (χ2n) is 2.17. The minimum absolute atomic E-state index is 0.292. The van der Waals surface area contributed by atoms with E-state index in [1.165, 1.54) is 0 Å². The van der Waals surface area contributed by atoms with Gasteiger partial charge in [0, 0.05) is 0 Å². The summed E-state index contributed by atoms with van der Waals surface area (Å²) in [4.78, 5) is 9.48. The molecule has 0 saturated heterocycles. The van der Waals surface area contributed by atoms with E-state index in [1.54, 1.807) is 7.11 Å². The zero-order valence-corrected chi connectivity index (χ0v) is 5.67. The van der Waals surface area contributed by atoms with Crippen LogP contribution in [0.1, 0.15) is 19.3 Å². The standard InChI is InChI=1S/C7H12O2/c1-8-9-7-5-3-2-4-6-7/h2-3,7H,4-6H2,1H3. The molecule has 0 N–H and O–H groups in total. The van der Waals surface area contributed by atoms with Gasteiger partial charge in [-0.25, -0.2) is 9.78 Å². The quantitative estimate of drug-likeness (QED) is 0.320. The molecule has 0 aromatic rings. The fourth-order valence-electron chi connectivity index (χ4n) is 0.989. The Kier molecular flexibility index (Phi) is 2.74. The van der Waals surface area contributed by atoms with Crippen LogP contribution in [-0.2, 0) is 9.78 Å². The first-order chi connectivity index (χ1) is 4.43. The summed E-state index contributed by atoms with van der Waals surface area (Å²) in [5, 5.41) is 0. The molecule has 1 unspecified atom stereocenters. The van der Waals surface area contributed by atoms with Crippen molar-refractivity contribution < 1.29 is 9.78 Å². The molecule has 0 spiro atoms. The first-order valence-corrected chi connectivity index (χ1v) is 3.28. The summed E-state index contributed by atoms with van der Waals surface area (Å²) in [6.45, 7) is 0. The van der Waals surface area contributed by atoms with Crippen LogP contribution in [0.2, 0.25) is 0 Å². The predicted molar refractivity (Wildman–Crippen MR) is 34.9 cm³/mol. The molecule has 0 amide bonds. The molecule has 1 aliphatic carbocycles. The topological polar surface area (TPSA) is 18.5 Å². The highest BCUT2D eigenvalue weighted by Crippen LogP contribution is 2.13. The molecule has 52 valence electrons. The average molecular weight is 128 g/mol. The third-order valence-electron chi connectivity index (χ3n) is 1.45. The van der Waals surface area contributed by atoms with Gasteiger partial charge in [-0.2, -0.15) is 0 Å². The van der Waals surface area contributed by atoms with E-state index in [1.807, 2.05) is 0 Å². The lowest BCUT2D eigenvalue weighted by Crippen LogP contribution is -2.12. The second kappa shape index (κ2) is 3.64. The summed E-state index contributed by atoms with van der Waals surface area (Å²) in [6, 6.07) is 0. The smallest absolute Gasteiger partial charge is 0.0967 e. The average Bonchev–Trinajstić information content (AvgIpc) is 1.91. The molecule has 0 aromatic carbocycles. The molecule has 0 saturated carbocycles. The zero-order valence-electron chi connectivity index (χ0n) is 5.67. The number of allylic oxidation sites excluding steroid dienone is 1. The van der Waals surface area contributed by atoms with E-state index in [0.717, 1.165) is 19.3 Å². The monoisotopic (exact) mass is 128 g/mol. The van der Waals surface area contributed by atoms with Crippen molar-refractivity contribution in [2.75, 3.05) is 7.11 Å². The first-order valence-electron chi connectivity index (χ1n) is 3.28. The molecule has 2 heteroatoms. The Morgan fingerprint density at radius 2 is 2.33 bits per heavy atom. The summed E-state index contributed by atoms with van der Waals surface area (Å²) >= 11 is 0. The molecular weight excluding hydrogens is 116 g/mol. The Balaban J connectivity index is 2.18. The van der Waals surface area contributed by atoms with Gasteiger partial charge in [0.2, 0.25) is 0 Å². The van der Waals surface area contributed by atoms with Crippen LogP contribution < -0.4 is 0 Å². The van der Waals surface area contributed by atoms with Crippen molar-refractivity contribution in [2.24, 2.45) is 0 Å². The van der Waals surface area contributed by atoms with Crippen LogP contribution in [-0.4, -0.2) is 13.2 Å². The van der Waals surface area contributed by atoms with Crippen LogP contribution in [0.3, 0.4) is 0 Å². The van der Waals surface area contributed by atoms with Gasteiger partial charge in [0.1, 0.15) is 0 Å². The molecule has 1 rings (SSSR count). The first kappa shape index (κ1) is 6.78. The van der Waals surface area contributed by atoms with Crippen LogP contribution in [0.15, 0.2) is 12.2 Å². The van der Waals surface area contributed by atoms with Crippen molar-refractivity contribution in [3.8, 4) is 0 Å². The van der Waals surface area contributed by atoms with E-state index < -0.39 is 0 Å². The maximum absolute atomic E-state index is 4.93. The van der Waals surface area contributed by atoms with Crippen molar-refractivity contribution in [2.45, 2.75) is 25.4 Å². The Bertz CT molecular complexity index is 99.1. The fourth-order valence-corrected chi connectivity index (χ4v) is 0.989. The zero-order chi connectivity index (χ0) is 6.53. The molecule has 0 aliphatic heterocycles. The maximum Gasteiger partial charge on any atom is 0.0967 e. The number of hydrogen-bond acceptors (Lipinski definition) is 2.